The Kier molecular flexibility index (Phi) is 6.30. The Morgan fingerprint density at radius 2 is 2.07 bits per heavy atom. The zero-order valence-corrected chi connectivity index (χ0v) is 16.2. The maximum atomic E-state index is 12.4. The van der Waals surface area contributed by atoms with E-state index in [2.05, 4.69) is 25.3 Å². The molecule has 1 aromatic heterocycles. The van der Waals surface area contributed by atoms with Crippen LogP contribution in [0.4, 0.5) is 10.5 Å². The number of imidazole rings is 1. The summed E-state index contributed by atoms with van der Waals surface area (Å²) in [4.78, 5) is 31.9. The average Bonchev–Trinajstić information content (AvgIpc) is 3.19. The first-order chi connectivity index (χ1) is 13.5. The number of amides is 2. The summed E-state index contributed by atoms with van der Waals surface area (Å²) in [5.74, 6) is 0.619. The molecule has 0 radical (unpaired) electrons. The Labute approximate surface area is 164 Å². The molecule has 3 rings (SSSR count). The van der Waals surface area contributed by atoms with E-state index >= 15 is 0 Å². The van der Waals surface area contributed by atoms with Gasteiger partial charge in [-0.05, 0) is 37.0 Å². The van der Waals surface area contributed by atoms with Gasteiger partial charge in [-0.25, -0.2) is 9.78 Å². The second-order valence-corrected chi connectivity index (χ2v) is 7.07. The SMILES string of the molecule is CNC(=O)C1CCCCC(N)c2nc(c[nH]2)-c2ccc(NC(=O)OC)cc2C1. The van der Waals surface area contributed by atoms with Crippen LogP contribution < -0.4 is 16.4 Å². The fourth-order valence-corrected chi connectivity index (χ4v) is 3.61. The molecule has 8 heteroatoms. The fraction of sp³-hybridized carbons (Fsp3) is 0.450. The number of nitrogens with one attached hydrogen (secondary N) is 3. The molecular weight excluding hydrogens is 358 g/mol. The molecule has 1 aromatic carbocycles. The van der Waals surface area contributed by atoms with Gasteiger partial charge in [0.2, 0.25) is 5.91 Å². The molecular formula is C20H27N5O3. The van der Waals surface area contributed by atoms with Crippen molar-refractivity contribution in [1.29, 1.82) is 0 Å². The molecule has 0 saturated heterocycles. The number of hydrogen-bond acceptors (Lipinski definition) is 5. The summed E-state index contributed by atoms with van der Waals surface area (Å²) in [7, 11) is 2.98. The van der Waals surface area contributed by atoms with Crippen LogP contribution in [0.5, 0.6) is 0 Å². The first-order valence-electron chi connectivity index (χ1n) is 9.52. The van der Waals surface area contributed by atoms with Gasteiger partial charge in [0.25, 0.3) is 0 Å². The molecule has 5 N–H and O–H groups in total. The van der Waals surface area contributed by atoms with Gasteiger partial charge in [-0.2, -0.15) is 0 Å². The molecule has 1 aliphatic rings. The highest BCUT2D eigenvalue weighted by Crippen LogP contribution is 2.31. The van der Waals surface area contributed by atoms with Crippen molar-refractivity contribution in [2.75, 3.05) is 19.5 Å². The summed E-state index contributed by atoms with van der Waals surface area (Å²) >= 11 is 0. The van der Waals surface area contributed by atoms with Gasteiger partial charge in [0, 0.05) is 30.4 Å². The van der Waals surface area contributed by atoms with E-state index in [1.807, 2.05) is 18.3 Å². The van der Waals surface area contributed by atoms with E-state index in [-0.39, 0.29) is 17.9 Å². The summed E-state index contributed by atoms with van der Waals surface area (Å²) < 4.78 is 4.68. The lowest BCUT2D eigenvalue weighted by Gasteiger charge is -2.19. The lowest BCUT2D eigenvalue weighted by atomic mass is 9.89. The molecule has 1 aliphatic heterocycles. The number of rotatable bonds is 2. The second kappa shape index (κ2) is 8.88. The smallest absolute Gasteiger partial charge is 0.411 e. The molecule has 2 unspecified atom stereocenters. The molecule has 2 heterocycles. The number of nitrogens with zero attached hydrogens (tertiary/aromatic N) is 1. The minimum atomic E-state index is -0.538. The molecule has 2 bridgehead atoms. The minimum Gasteiger partial charge on any atom is -0.453 e. The van der Waals surface area contributed by atoms with Crippen molar-refractivity contribution in [2.24, 2.45) is 11.7 Å². The highest BCUT2D eigenvalue weighted by atomic mass is 16.5. The zero-order chi connectivity index (χ0) is 20.1. The Hall–Kier alpha value is -2.87. The third-order valence-corrected chi connectivity index (χ3v) is 5.16. The standard InChI is InChI=1S/C20H27N5O3/c1-22-19(26)12-5-3-4-6-16(21)18-23-11-17(25-18)15-8-7-14(10-13(15)9-12)24-20(27)28-2/h7-8,10-12,16H,3-6,9,21H2,1-2H3,(H,22,26)(H,23,25)(H,24,27). The van der Waals surface area contributed by atoms with Crippen molar-refractivity contribution in [3.05, 3.63) is 35.8 Å². The van der Waals surface area contributed by atoms with Gasteiger partial charge in [-0.15, -0.1) is 0 Å². The van der Waals surface area contributed by atoms with Crippen molar-refractivity contribution in [3.63, 3.8) is 0 Å². The average molecular weight is 385 g/mol. The topological polar surface area (TPSA) is 122 Å². The van der Waals surface area contributed by atoms with Crippen LogP contribution in [0.3, 0.4) is 0 Å². The number of benzene rings is 1. The van der Waals surface area contributed by atoms with Gasteiger partial charge in [-0.3, -0.25) is 10.1 Å². The number of carbonyl (C=O) groups is 2. The van der Waals surface area contributed by atoms with E-state index in [4.69, 9.17) is 5.73 Å². The quantitative estimate of drug-likeness (QED) is 0.633. The number of anilines is 1. The number of aromatic amines is 1. The van der Waals surface area contributed by atoms with Gasteiger partial charge < -0.3 is 20.8 Å². The highest BCUT2D eigenvalue weighted by Gasteiger charge is 2.22. The predicted molar refractivity (Wildman–Crippen MR) is 107 cm³/mol. The normalized spacial score (nSPS) is 19.5. The van der Waals surface area contributed by atoms with E-state index < -0.39 is 6.09 Å². The largest absolute Gasteiger partial charge is 0.453 e. The van der Waals surface area contributed by atoms with Crippen molar-refractivity contribution in [3.8, 4) is 11.3 Å². The Bertz CT molecular complexity index is 848. The summed E-state index contributed by atoms with van der Waals surface area (Å²) in [6.07, 6.45) is 5.30. The first-order valence-corrected chi connectivity index (χ1v) is 9.52. The van der Waals surface area contributed by atoms with Crippen LogP contribution in [0.25, 0.3) is 11.3 Å². The van der Waals surface area contributed by atoms with E-state index in [0.29, 0.717) is 12.1 Å². The summed E-state index contributed by atoms with van der Waals surface area (Å²) in [5.41, 5.74) is 9.51. The van der Waals surface area contributed by atoms with E-state index in [0.717, 1.165) is 48.3 Å². The predicted octanol–water partition coefficient (Wildman–Crippen LogP) is 2.73. The van der Waals surface area contributed by atoms with Crippen molar-refractivity contribution >= 4 is 17.7 Å². The van der Waals surface area contributed by atoms with E-state index in [1.165, 1.54) is 7.11 Å². The Morgan fingerprint density at radius 3 is 2.82 bits per heavy atom. The van der Waals surface area contributed by atoms with Gasteiger partial charge >= 0.3 is 6.09 Å². The molecule has 0 aliphatic carbocycles. The molecule has 2 amide bonds. The summed E-state index contributed by atoms with van der Waals surface area (Å²) in [6, 6.07) is 5.42. The van der Waals surface area contributed by atoms with Crippen LogP contribution in [0.1, 0.15) is 43.1 Å². The Balaban J connectivity index is 2.03. The first kappa shape index (κ1) is 19.9. The zero-order valence-electron chi connectivity index (χ0n) is 16.2. The van der Waals surface area contributed by atoms with Crippen LogP contribution in [0.15, 0.2) is 24.4 Å². The molecule has 0 saturated carbocycles. The van der Waals surface area contributed by atoms with Crippen LogP contribution in [-0.4, -0.2) is 36.1 Å². The molecule has 0 spiro atoms. The van der Waals surface area contributed by atoms with Crippen LogP contribution >= 0.6 is 0 Å². The number of H-pyrrole nitrogens is 1. The number of hydrogen-bond donors (Lipinski definition) is 4. The molecule has 150 valence electrons. The van der Waals surface area contributed by atoms with Gasteiger partial charge in [0.1, 0.15) is 5.82 Å². The molecule has 28 heavy (non-hydrogen) atoms. The number of aromatic nitrogens is 2. The summed E-state index contributed by atoms with van der Waals surface area (Å²) in [6.45, 7) is 0. The van der Waals surface area contributed by atoms with E-state index in [1.54, 1.807) is 13.1 Å². The highest BCUT2D eigenvalue weighted by molar-refractivity contribution is 5.85. The number of ether oxygens (including phenoxy) is 1. The number of nitrogens with two attached hydrogens (primary N) is 1. The molecule has 2 aromatic rings. The van der Waals surface area contributed by atoms with Gasteiger partial charge in [-0.1, -0.05) is 18.9 Å². The van der Waals surface area contributed by atoms with Crippen LogP contribution in [0.2, 0.25) is 0 Å². The number of carbonyl (C=O) groups excluding carboxylic acids is 2. The third kappa shape index (κ3) is 4.51. The van der Waals surface area contributed by atoms with Crippen molar-refractivity contribution in [2.45, 2.75) is 38.1 Å². The Morgan fingerprint density at radius 1 is 1.29 bits per heavy atom. The van der Waals surface area contributed by atoms with E-state index in [9.17, 15) is 9.59 Å². The van der Waals surface area contributed by atoms with Gasteiger partial charge in [0.05, 0.1) is 18.8 Å². The minimum absolute atomic E-state index is 0.0151. The number of methoxy groups -OCH3 is 1. The number of fused-ring (bicyclic) bond motifs is 4. The molecule has 0 fully saturated rings. The fourth-order valence-electron chi connectivity index (χ4n) is 3.61. The lowest BCUT2D eigenvalue weighted by molar-refractivity contribution is -0.124. The molecule has 8 nitrogen and oxygen atoms in total. The maximum absolute atomic E-state index is 12.4. The molecule has 2 atom stereocenters. The van der Waals surface area contributed by atoms with Crippen LogP contribution in [-0.2, 0) is 16.0 Å². The van der Waals surface area contributed by atoms with Crippen LogP contribution in [0, 0.1) is 5.92 Å². The maximum Gasteiger partial charge on any atom is 0.411 e. The monoisotopic (exact) mass is 385 g/mol. The van der Waals surface area contributed by atoms with Crippen molar-refractivity contribution < 1.29 is 14.3 Å². The second-order valence-electron chi connectivity index (χ2n) is 7.07. The van der Waals surface area contributed by atoms with Gasteiger partial charge in [0.15, 0.2) is 0 Å². The summed E-state index contributed by atoms with van der Waals surface area (Å²) in [5, 5.41) is 5.45. The third-order valence-electron chi connectivity index (χ3n) is 5.16. The lowest BCUT2D eigenvalue weighted by Crippen LogP contribution is -2.29. The van der Waals surface area contributed by atoms with Crippen molar-refractivity contribution in [1.82, 2.24) is 15.3 Å².